The third-order valence-corrected chi connectivity index (χ3v) is 2.27. The molecule has 4 heteroatoms. The lowest BCUT2D eigenvalue weighted by Crippen LogP contribution is -2.05. The fourth-order valence-electron chi connectivity index (χ4n) is 0.870. The van der Waals surface area contributed by atoms with Gasteiger partial charge in [-0.05, 0) is 19.1 Å². The van der Waals surface area contributed by atoms with Crippen LogP contribution in [0.5, 0.6) is 0 Å². The Balaban J connectivity index is 3.01. The van der Waals surface area contributed by atoms with E-state index in [2.05, 4.69) is 0 Å². The summed E-state index contributed by atoms with van der Waals surface area (Å²) in [7, 11) is 0. The first-order chi connectivity index (χ1) is 6.16. The van der Waals surface area contributed by atoms with Gasteiger partial charge in [0.2, 0.25) is 0 Å². The van der Waals surface area contributed by atoms with Gasteiger partial charge < -0.3 is 4.74 Å². The van der Waals surface area contributed by atoms with Crippen LogP contribution in [-0.2, 0) is 4.74 Å². The Morgan fingerprint density at radius 1 is 1.46 bits per heavy atom. The Labute approximate surface area is 86.4 Å². The third-order valence-electron chi connectivity index (χ3n) is 1.45. The summed E-state index contributed by atoms with van der Waals surface area (Å²) in [5.41, 5.74) is 0.302. The topological polar surface area (TPSA) is 26.3 Å². The zero-order valence-corrected chi connectivity index (χ0v) is 8.52. The number of hydrogen-bond acceptors (Lipinski definition) is 2. The summed E-state index contributed by atoms with van der Waals surface area (Å²) in [5, 5.41) is 0.592. The summed E-state index contributed by atoms with van der Waals surface area (Å²) in [6.07, 6.45) is 0. The summed E-state index contributed by atoms with van der Waals surface area (Å²) in [6.45, 7) is 2.05. The maximum Gasteiger partial charge on any atom is 0.339 e. The molecule has 0 aliphatic carbocycles. The second kappa shape index (κ2) is 4.49. The quantitative estimate of drug-likeness (QED) is 0.714. The fourth-order valence-corrected chi connectivity index (χ4v) is 1.25. The van der Waals surface area contributed by atoms with E-state index in [-0.39, 0.29) is 5.02 Å². The monoisotopic (exact) mass is 218 g/mol. The molecule has 2 nitrogen and oxygen atoms in total. The number of carbonyl (C=O) groups excluding carboxylic acids is 1. The van der Waals surface area contributed by atoms with Crippen LogP contribution < -0.4 is 0 Å². The predicted molar refractivity (Wildman–Crippen MR) is 52.4 cm³/mol. The van der Waals surface area contributed by atoms with E-state index in [1.54, 1.807) is 25.1 Å². The first kappa shape index (κ1) is 10.4. The Kier molecular flexibility index (Phi) is 3.58. The zero-order chi connectivity index (χ0) is 9.84. The van der Waals surface area contributed by atoms with Crippen LogP contribution in [0.1, 0.15) is 17.3 Å². The van der Waals surface area contributed by atoms with Crippen LogP contribution >= 0.6 is 23.2 Å². The van der Waals surface area contributed by atoms with Crippen LogP contribution in [0.4, 0.5) is 0 Å². The van der Waals surface area contributed by atoms with Gasteiger partial charge in [-0.15, -0.1) is 0 Å². The van der Waals surface area contributed by atoms with Crippen molar-refractivity contribution in [2.24, 2.45) is 0 Å². The van der Waals surface area contributed by atoms with E-state index in [0.717, 1.165) is 0 Å². The van der Waals surface area contributed by atoms with Gasteiger partial charge in [-0.2, -0.15) is 0 Å². The van der Waals surface area contributed by atoms with Crippen molar-refractivity contribution in [1.29, 1.82) is 0 Å². The van der Waals surface area contributed by atoms with E-state index in [0.29, 0.717) is 17.2 Å². The fraction of sp³-hybridized carbons (Fsp3) is 0.222. The van der Waals surface area contributed by atoms with Gasteiger partial charge in [-0.25, -0.2) is 4.79 Å². The number of ether oxygens (including phenoxy) is 1. The molecular weight excluding hydrogens is 211 g/mol. The van der Waals surface area contributed by atoms with Gasteiger partial charge in [0.15, 0.2) is 0 Å². The molecule has 0 aliphatic rings. The van der Waals surface area contributed by atoms with Crippen molar-refractivity contribution in [2.45, 2.75) is 6.92 Å². The lowest BCUT2D eigenvalue weighted by Gasteiger charge is -2.04. The zero-order valence-electron chi connectivity index (χ0n) is 7.01. The van der Waals surface area contributed by atoms with Crippen LogP contribution in [0.25, 0.3) is 0 Å². The predicted octanol–water partition coefficient (Wildman–Crippen LogP) is 3.17. The minimum Gasteiger partial charge on any atom is -0.462 e. The Hall–Kier alpha value is -0.730. The first-order valence-electron chi connectivity index (χ1n) is 3.78. The normalized spacial score (nSPS) is 9.77. The van der Waals surface area contributed by atoms with Crippen molar-refractivity contribution in [3.63, 3.8) is 0 Å². The molecule has 1 aromatic rings. The van der Waals surface area contributed by atoms with Gasteiger partial charge in [0.05, 0.1) is 22.2 Å². The number of halogens is 2. The van der Waals surface area contributed by atoms with Crippen molar-refractivity contribution in [1.82, 2.24) is 0 Å². The highest BCUT2D eigenvalue weighted by molar-refractivity contribution is 6.43. The van der Waals surface area contributed by atoms with Crippen molar-refractivity contribution in [3.05, 3.63) is 33.8 Å². The smallest absolute Gasteiger partial charge is 0.339 e. The third kappa shape index (κ3) is 2.36. The van der Waals surface area contributed by atoms with Crippen molar-refractivity contribution >= 4 is 29.2 Å². The molecule has 0 saturated heterocycles. The number of carbonyl (C=O) groups is 1. The van der Waals surface area contributed by atoms with Crippen LogP contribution in [0.2, 0.25) is 10.0 Å². The van der Waals surface area contributed by atoms with Gasteiger partial charge >= 0.3 is 5.97 Å². The molecular formula is C9H8Cl2O2. The molecule has 0 N–H and O–H groups in total. The molecule has 0 aromatic heterocycles. The van der Waals surface area contributed by atoms with Crippen LogP contribution in [0, 0.1) is 0 Å². The molecule has 0 spiro atoms. The highest BCUT2D eigenvalue weighted by Crippen LogP contribution is 2.25. The minimum atomic E-state index is -0.449. The molecule has 0 saturated carbocycles. The summed E-state index contributed by atoms with van der Waals surface area (Å²) < 4.78 is 4.78. The Morgan fingerprint density at radius 3 is 2.77 bits per heavy atom. The number of hydrogen-bond donors (Lipinski definition) is 0. The van der Waals surface area contributed by atoms with Gasteiger partial charge in [-0.3, -0.25) is 0 Å². The number of esters is 1. The van der Waals surface area contributed by atoms with Gasteiger partial charge in [0.1, 0.15) is 0 Å². The summed E-state index contributed by atoms with van der Waals surface area (Å²) in [6, 6.07) is 4.85. The van der Waals surface area contributed by atoms with Crippen LogP contribution in [0.15, 0.2) is 18.2 Å². The Bertz CT molecular complexity index is 323. The van der Waals surface area contributed by atoms with E-state index < -0.39 is 5.97 Å². The molecule has 0 atom stereocenters. The van der Waals surface area contributed by atoms with Crippen LogP contribution in [-0.4, -0.2) is 12.6 Å². The van der Waals surface area contributed by atoms with Gasteiger partial charge in [0, 0.05) is 0 Å². The maximum absolute atomic E-state index is 11.3. The summed E-state index contributed by atoms with van der Waals surface area (Å²) >= 11 is 11.5. The molecule has 0 aliphatic heterocycles. The molecule has 0 heterocycles. The largest absolute Gasteiger partial charge is 0.462 e. The van der Waals surface area contributed by atoms with E-state index in [4.69, 9.17) is 27.9 Å². The molecule has 0 bridgehead atoms. The molecule has 0 fully saturated rings. The lowest BCUT2D eigenvalue weighted by atomic mass is 10.2. The average molecular weight is 219 g/mol. The highest BCUT2D eigenvalue weighted by Gasteiger charge is 2.12. The van der Waals surface area contributed by atoms with Gasteiger partial charge in [0.25, 0.3) is 0 Å². The molecule has 13 heavy (non-hydrogen) atoms. The van der Waals surface area contributed by atoms with Crippen molar-refractivity contribution < 1.29 is 9.53 Å². The molecule has 0 amide bonds. The number of benzene rings is 1. The standard InChI is InChI=1S/C9H8Cl2O2/c1-2-13-9(12)6-4-3-5-7(10)8(6)11/h3-5H,2H2,1H3. The molecule has 1 rings (SSSR count). The molecule has 1 aromatic carbocycles. The van der Waals surface area contributed by atoms with E-state index in [1.165, 1.54) is 0 Å². The first-order valence-corrected chi connectivity index (χ1v) is 4.53. The summed E-state index contributed by atoms with van der Waals surface area (Å²) in [4.78, 5) is 11.3. The van der Waals surface area contributed by atoms with Crippen molar-refractivity contribution in [2.75, 3.05) is 6.61 Å². The maximum atomic E-state index is 11.3. The van der Waals surface area contributed by atoms with Crippen molar-refractivity contribution in [3.8, 4) is 0 Å². The highest BCUT2D eigenvalue weighted by atomic mass is 35.5. The molecule has 70 valence electrons. The second-order valence-corrected chi connectivity index (χ2v) is 3.11. The number of rotatable bonds is 2. The van der Waals surface area contributed by atoms with Crippen LogP contribution in [0.3, 0.4) is 0 Å². The minimum absolute atomic E-state index is 0.239. The lowest BCUT2D eigenvalue weighted by molar-refractivity contribution is 0.0526. The molecule has 0 radical (unpaired) electrons. The average Bonchev–Trinajstić information content (AvgIpc) is 2.10. The second-order valence-electron chi connectivity index (χ2n) is 2.32. The Morgan fingerprint density at radius 2 is 2.15 bits per heavy atom. The van der Waals surface area contributed by atoms with E-state index >= 15 is 0 Å². The van der Waals surface area contributed by atoms with E-state index in [1.807, 2.05) is 0 Å². The summed E-state index contributed by atoms with van der Waals surface area (Å²) in [5.74, 6) is -0.449. The van der Waals surface area contributed by atoms with Gasteiger partial charge in [-0.1, -0.05) is 29.3 Å². The van der Waals surface area contributed by atoms with E-state index in [9.17, 15) is 4.79 Å². The SMILES string of the molecule is CCOC(=O)c1cccc(Cl)c1Cl. The molecule has 0 unspecified atom stereocenters.